The number of carbonyl (C=O) groups is 1. The number of anilines is 1. The molecular formula is C21H30N6O3S. The van der Waals surface area contributed by atoms with Crippen LogP contribution in [0.4, 0.5) is 5.69 Å². The van der Waals surface area contributed by atoms with E-state index in [1.165, 1.54) is 17.1 Å². The topological polar surface area (TPSA) is 154 Å². The first-order valence-electron chi connectivity index (χ1n) is 10.4. The number of nitriles is 1. The predicted molar refractivity (Wildman–Crippen MR) is 119 cm³/mol. The van der Waals surface area contributed by atoms with Crippen molar-refractivity contribution in [1.82, 2.24) is 10.3 Å². The van der Waals surface area contributed by atoms with E-state index in [4.69, 9.17) is 11.6 Å². The summed E-state index contributed by atoms with van der Waals surface area (Å²) < 4.78 is 25.1. The Morgan fingerprint density at radius 3 is 2.39 bits per heavy atom. The van der Waals surface area contributed by atoms with Gasteiger partial charge in [0.1, 0.15) is 5.54 Å². The molecule has 0 aliphatic heterocycles. The fraction of sp³-hybridized carbons (Fsp3) is 0.524. The van der Waals surface area contributed by atoms with Crippen molar-refractivity contribution in [3.8, 4) is 6.07 Å². The van der Waals surface area contributed by atoms with Crippen molar-refractivity contribution in [3.63, 3.8) is 0 Å². The smallest absolute Gasteiger partial charge is 0.251 e. The standard InChI is InChI=1S/C21H30N6O3S/c1-31(29,30)26-17-9-7-16(8-10-17)20(28)25-19(15-5-3-2-4-6-15)18(23)13-27(24)21(14-22)11-12-21/h7-10,13,15,19,26H,2-6,11-12,23-24H2,1H3,(H,25,28)/b18-13-/t19-/m0/s1. The number of amides is 1. The molecule has 168 valence electrons. The number of hydrogen-bond donors (Lipinski definition) is 4. The zero-order valence-corrected chi connectivity index (χ0v) is 18.5. The van der Waals surface area contributed by atoms with Crippen LogP contribution in [0.2, 0.25) is 0 Å². The van der Waals surface area contributed by atoms with Crippen molar-refractivity contribution < 1.29 is 13.2 Å². The van der Waals surface area contributed by atoms with Gasteiger partial charge < -0.3 is 11.1 Å². The number of nitrogens with one attached hydrogen (secondary N) is 2. The van der Waals surface area contributed by atoms with Gasteiger partial charge in [0.15, 0.2) is 0 Å². The Balaban J connectivity index is 1.76. The Morgan fingerprint density at radius 2 is 1.87 bits per heavy atom. The summed E-state index contributed by atoms with van der Waals surface area (Å²) in [5.74, 6) is 5.97. The van der Waals surface area contributed by atoms with Gasteiger partial charge in [0.2, 0.25) is 10.0 Å². The van der Waals surface area contributed by atoms with Crippen LogP contribution in [-0.4, -0.2) is 37.2 Å². The fourth-order valence-electron chi connectivity index (χ4n) is 3.98. The van der Waals surface area contributed by atoms with E-state index in [1.807, 2.05) is 0 Å². The lowest BCUT2D eigenvalue weighted by atomic mass is 9.82. The quantitative estimate of drug-likeness (QED) is 0.350. The molecule has 2 saturated carbocycles. The first-order valence-corrected chi connectivity index (χ1v) is 12.3. The second-order valence-corrected chi connectivity index (χ2v) is 10.2. The molecule has 1 amide bonds. The van der Waals surface area contributed by atoms with Crippen LogP contribution in [0.3, 0.4) is 0 Å². The van der Waals surface area contributed by atoms with Crippen LogP contribution in [0.1, 0.15) is 55.3 Å². The highest BCUT2D eigenvalue weighted by Gasteiger charge is 2.47. The van der Waals surface area contributed by atoms with E-state index in [2.05, 4.69) is 16.1 Å². The minimum absolute atomic E-state index is 0.186. The summed E-state index contributed by atoms with van der Waals surface area (Å²) in [5.41, 5.74) is 6.90. The van der Waals surface area contributed by atoms with Crippen LogP contribution in [0.25, 0.3) is 0 Å². The molecule has 0 aromatic heterocycles. The van der Waals surface area contributed by atoms with Crippen LogP contribution < -0.4 is 21.6 Å². The normalized spacial score (nSPS) is 19.7. The highest BCUT2D eigenvalue weighted by atomic mass is 32.2. The van der Waals surface area contributed by atoms with Crippen molar-refractivity contribution in [2.24, 2.45) is 17.5 Å². The lowest BCUT2D eigenvalue weighted by Crippen LogP contribution is -2.46. The Hall–Kier alpha value is -2.77. The fourth-order valence-corrected chi connectivity index (χ4v) is 4.54. The molecule has 2 aliphatic carbocycles. The van der Waals surface area contributed by atoms with Crippen LogP contribution >= 0.6 is 0 Å². The summed E-state index contributed by atoms with van der Waals surface area (Å²) in [6, 6.07) is 8.02. The molecule has 0 saturated heterocycles. The Labute approximate surface area is 183 Å². The molecule has 1 atom stereocenters. The van der Waals surface area contributed by atoms with E-state index in [9.17, 15) is 18.5 Å². The molecule has 6 N–H and O–H groups in total. The van der Waals surface area contributed by atoms with Gasteiger partial charge in [0.25, 0.3) is 5.91 Å². The molecule has 0 radical (unpaired) electrons. The zero-order chi connectivity index (χ0) is 22.6. The van der Waals surface area contributed by atoms with Gasteiger partial charge in [0, 0.05) is 23.1 Å². The van der Waals surface area contributed by atoms with Gasteiger partial charge in [-0.2, -0.15) is 5.26 Å². The monoisotopic (exact) mass is 446 g/mol. The van der Waals surface area contributed by atoms with Gasteiger partial charge >= 0.3 is 0 Å². The summed E-state index contributed by atoms with van der Waals surface area (Å²) >= 11 is 0. The van der Waals surface area contributed by atoms with Crippen molar-refractivity contribution >= 4 is 21.6 Å². The Morgan fingerprint density at radius 1 is 1.26 bits per heavy atom. The maximum absolute atomic E-state index is 12.9. The predicted octanol–water partition coefficient (Wildman–Crippen LogP) is 1.77. The van der Waals surface area contributed by atoms with E-state index in [1.54, 1.807) is 18.3 Å². The van der Waals surface area contributed by atoms with Gasteiger partial charge in [-0.15, -0.1) is 0 Å². The van der Waals surface area contributed by atoms with E-state index >= 15 is 0 Å². The number of nitrogens with zero attached hydrogens (tertiary/aromatic N) is 2. The van der Waals surface area contributed by atoms with Crippen LogP contribution in [0.15, 0.2) is 36.2 Å². The third-order valence-electron chi connectivity index (χ3n) is 5.93. The lowest BCUT2D eigenvalue weighted by Gasteiger charge is -2.32. The minimum Gasteiger partial charge on any atom is -0.399 e. The maximum atomic E-state index is 12.9. The van der Waals surface area contributed by atoms with Crippen molar-refractivity contribution in [2.45, 2.75) is 56.5 Å². The second-order valence-electron chi connectivity index (χ2n) is 8.48. The number of nitrogens with two attached hydrogens (primary N) is 2. The van der Waals surface area contributed by atoms with E-state index < -0.39 is 21.6 Å². The molecule has 0 unspecified atom stereocenters. The Kier molecular flexibility index (Phi) is 6.77. The van der Waals surface area contributed by atoms with Gasteiger partial charge in [-0.1, -0.05) is 19.3 Å². The molecule has 0 heterocycles. The number of benzene rings is 1. The van der Waals surface area contributed by atoms with Crippen LogP contribution in [0.5, 0.6) is 0 Å². The summed E-state index contributed by atoms with van der Waals surface area (Å²) in [6.45, 7) is 0. The molecule has 10 heteroatoms. The second kappa shape index (κ2) is 9.16. The van der Waals surface area contributed by atoms with Gasteiger partial charge in [-0.25, -0.2) is 14.3 Å². The molecule has 1 aromatic carbocycles. The van der Waals surface area contributed by atoms with Crippen LogP contribution in [0, 0.1) is 17.2 Å². The number of rotatable bonds is 8. The average Bonchev–Trinajstić information content (AvgIpc) is 3.53. The lowest BCUT2D eigenvalue weighted by molar-refractivity contribution is 0.0922. The average molecular weight is 447 g/mol. The first-order chi connectivity index (χ1) is 14.6. The molecule has 31 heavy (non-hydrogen) atoms. The highest BCUT2D eigenvalue weighted by molar-refractivity contribution is 7.92. The molecule has 1 aromatic rings. The summed E-state index contributed by atoms with van der Waals surface area (Å²) in [4.78, 5) is 12.9. The van der Waals surface area contributed by atoms with Gasteiger partial charge in [-0.05, 0) is 55.9 Å². The molecule has 9 nitrogen and oxygen atoms in total. The zero-order valence-electron chi connectivity index (χ0n) is 17.7. The van der Waals surface area contributed by atoms with Gasteiger partial charge in [-0.3, -0.25) is 14.5 Å². The molecular weight excluding hydrogens is 416 g/mol. The molecule has 0 bridgehead atoms. The SMILES string of the molecule is CS(=O)(=O)Nc1ccc(C(=O)N[C@H](/C(N)=C/N(N)C2(C#N)CC2)C2CCCCC2)cc1. The first kappa shape index (κ1) is 22.9. The van der Waals surface area contributed by atoms with E-state index in [0.717, 1.165) is 38.4 Å². The van der Waals surface area contributed by atoms with Gasteiger partial charge in [0.05, 0.1) is 18.4 Å². The third-order valence-corrected chi connectivity index (χ3v) is 6.54. The largest absolute Gasteiger partial charge is 0.399 e. The van der Waals surface area contributed by atoms with E-state index in [-0.39, 0.29) is 11.8 Å². The molecule has 2 aliphatic rings. The summed E-state index contributed by atoms with van der Waals surface area (Å²) in [7, 11) is -3.39. The number of sulfonamides is 1. The van der Waals surface area contributed by atoms with Crippen molar-refractivity contribution in [3.05, 3.63) is 41.7 Å². The highest BCUT2D eigenvalue weighted by Crippen LogP contribution is 2.39. The van der Waals surface area contributed by atoms with Crippen molar-refractivity contribution in [2.75, 3.05) is 11.0 Å². The number of hydrazine groups is 1. The van der Waals surface area contributed by atoms with Crippen molar-refractivity contribution in [1.29, 1.82) is 5.26 Å². The summed E-state index contributed by atoms with van der Waals surface area (Å²) in [5, 5.41) is 13.8. The van der Waals surface area contributed by atoms with E-state index in [0.29, 0.717) is 29.8 Å². The minimum atomic E-state index is -3.39. The molecule has 3 rings (SSSR count). The molecule has 0 spiro atoms. The van der Waals surface area contributed by atoms with Crippen LogP contribution in [-0.2, 0) is 10.0 Å². The number of carbonyl (C=O) groups excluding carboxylic acids is 1. The Bertz CT molecular complexity index is 973. The number of hydrogen-bond acceptors (Lipinski definition) is 7. The third kappa shape index (κ3) is 5.89. The molecule has 2 fully saturated rings. The maximum Gasteiger partial charge on any atom is 0.251 e. The summed E-state index contributed by atoms with van der Waals surface area (Å²) in [6.07, 6.45) is 9.24.